The first-order valence-electron chi connectivity index (χ1n) is 5.89. The van der Waals surface area contributed by atoms with E-state index in [-0.39, 0.29) is 11.8 Å². The summed E-state index contributed by atoms with van der Waals surface area (Å²) >= 11 is 0. The normalized spacial score (nSPS) is 16.3. The molecule has 0 saturated heterocycles. The van der Waals surface area contributed by atoms with Gasteiger partial charge in [-0.15, -0.1) is 0 Å². The predicted octanol–water partition coefficient (Wildman–Crippen LogP) is 1.21. The Morgan fingerprint density at radius 1 is 1.00 bits per heavy atom. The third kappa shape index (κ3) is 1.91. The molecule has 88 valence electrons. The number of hydrogen-bond acceptors (Lipinski definition) is 1. The number of benzene rings is 2. The first-order chi connectivity index (χ1) is 8.84. The second-order valence-electron chi connectivity index (χ2n) is 4.23. The van der Waals surface area contributed by atoms with E-state index in [0.29, 0.717) is 0 Å². The molecule has 1 atom stereocenters. The Balaban J connectivity index is 1.81. The average molecular weight is 237 g/mol. The van der Waals surface area contributed by atoms with E-state index in [1.807, 2.05) is 60.8 Å². The fraction of sp³-hybridized carbons (Fsp3) is 0.0667. The molecular formula is C15H13N2O+. The minimum absolute atomic E-state index is 0.0151. The number of carbonyl (C=O) groups is 1. The van der Waals surface area contributed by atoms with Crippen LogP contribution in [0.3, 0.4) is 0 Å². The van der Waals surface area contributed by atoms with E-state index in [2.05, 4.69) is 10.3 Å². The number of hydrogen-bond donors (Lipinski definition) is 2. The van der Waals surface area contributed by atoms with Gasteiger partial charge in [-0.05, 0) is 12.1 Å². The van der Waals surface area contributed by atoms with Gasteiger partial charge < -0.3 is 5.32 Å². The van der Waals surface area contributed by atoms with Gasteiger partial charge in [-0.3, -0.25) is 4.79 Å². The second-order valence-corrected chi connectivity index (χ2v) is 4.23. The zero-order valence-corrected chi connectivity index (χ0v) is 9.76. The van der Waals surface area contributed by atoms with Crippen LogP contribution in [0.1, 0.15) is 11.5 Å². The maximum absolute atomic E-state index is 12.2. The minimum atomic E-state index is -0.235. The highest BCUT2D eigenvalue weighted by molar-refractivity contribution is 6.07. The van der Waals surface area contributed by atoms with Crippen molar-refractivity contribution in [1.29, 1.82) is 0 Å². The molecule has 0 bridgehead atoms. The van der Waals surface area contributed by atoms with Crippen molar-refractivity contribution in [2.24, 2.45) is 0 Å². The standard InChI is InChI=1S/C15H12N2O/c18-15(17-11-6-2-1-3-7-11)13-10-16-14-9-5-4-8-12(13)14/h1-10,13H,(H,17,18)/p+1. The van der Waals surface area contributed by atoms with E-state index >= 15 is 0 Å². The molecule has 3 heteroatoms. The van der Waals surface area contributed by atoms with E-state index in [4.69, 9.17) is 0 Å². The summed E-state index contributed by atoms with van der Waals surface area (Å²) in [7, 11) is 0. The number of para-hydroxylation sites is 2. The van der Waals surface area contributed by atoms with Crippen LogP contribution >= 0.6 is 0 Å². The number of rotatable bonds is 2. The van der Waals surface area contributed by atoms with E-state index in [1.165, 1.54) is 0 Å². The largest absolute Gasteiger partial charge is 0.325 e. The molecule has 1 aliphatic heterocycles. The summed E-state index contributed by atoms with van der Waals surface area (Å²) in [6.07, 6.45) is 1.82. The fourth-order valence-corrected chi connectivity index (χ4v) is 2.12. The summed E-state index contributed by atoms with van der Waals surface area (Å²) in [4.78, 5) is 15.3. The van der Waals surface area contributed by atoms with Crippen LogP contribution in [-0.2, 0) is 4.79 Å². The quantitative estimate of drug-likeness (QED) is 0.810. The highest BCUT2D eigenvalue weighted by Gasteiger charge is 2.30. The van der Waals surface area contributed by atoms with Gasteiger partial charge in [-0.1, -0.05) is 36.4 Å². The molecule has 3 rings (SSSR count). The monoisotopic (exact) mass is 237 g/mol. The molecule has 0 aromatic heterocycles. The van der Waals surface area contributed by atoms with Gasteiger partial charge in [0.25, 0.3) is 0 Å². The summed E-state index contributed by atoms with van der Waals surface area (Å²) in [5, 5.41) is 2.91. The molecule has 0 fully saturated rings. The molecule has 0 radical (unpaired) electrons. The van der Waals surface area contributed by atoms with E-state index in [1.54, 1.807) is 0 Å². The lowest BCUT2D eigenvalue weighted by molar-refractivity contribution is -0.344. The molecule has 0 spiro atoms. The number of carbonyl (C=O) groups excluding carboxylic acids is 1. The third-order valence-electron chi connectivity index (χ3n) is 3.03. The van der Waals surface area contributed by atoms with E-state index < -0.39 is 0 Å². The average Bonchev–Trinajstić information content (AvgIpc) is 2.84. The lowest BCUT2D eigenvalue weighted by Gasteiger charge is -2.07. The number of amides is 1. The molecule has 2 N–H and O–H groups in total. The van der Waals surface area contributed by atoms with Gasteiger partial charge >= 0.3 is 0 Å². The first-order valence-corrected chi connectivity index (χ1v) is 5.89. The highest BCUT2D eigenvalue weighted by Crippen LogP contribution is 2.23. The van der Waals surface area contributed by atoms with Crippen molar-refractivity contribution in [2.75, 3.05) is 5.32 Å². The van der Waals surface area contributed by atoms with Gasteiger partial charge in [0.05, 0.1) is 0 Å². The number of fused-ring (bicyclic) bond motifs is 1. The Morgan fingerprint density at radius 2 is 1.72 bits per heavy atom. The lowest BCUT2D eigenvalue weighted by Crippen LogP contribution is -2.59. The smallest absolute Gasteiger partial charge is 0.242 e. The van der Waals surface area contributed by atoms with Crippen LogP contribution in [0.2, 0.25) is 0 Å². The molecule has 1 amide bonds. The summed E-state index contributed by atoms with van der Waals surface area (Å²) < 4.78 is 0. The highest BCUT2D eigenvalue weighted by atomic mass is 16.1. The lowest BCUT2D eigenvalue weighted by atomic mass is 10.0. The molecule has 18 heavy (non-hydrogen) atoms. The molecule has 0 aliphatic carbocycles. The zero-order chi connectivity index (χ0) is 12.4. The van der Waals surface area contributed by atoms with Crippen LogP contribution in [0.5, 0.6) is 0 Å². The van der Waals surface area contributed by atoms with Gasteiger partial charge in [0, 0.05) is 17.3 Å². The Kier molecular flexibility index (Phi) is 2.65. The maximum Gasteiger partial charge on any atom is 0.242 e. The molecule has 1 aliphatic rings. The minimum Gasteiger partial charge on any atom is -0.325 e. The van der Waals surface area contributed by atoms with Crippen molar-refractivity contribution < 1.29 is 9.79 Å². The van der Waals surface area contributed by atoms with Crippen molar-refractivity contribution >= 4 is 23.5 Å². The molecule has 1 heterocycles. The fourth-order valence-electron chi connectivity index (χ4n) is 2.12. The maximum atomic E-state index is 12.2. The predicted molar refractivity (Wildman–Crippen MR) is 70.9 cm³/mol. The van der Waals surface area contributed by atoms with Crippen LogP contribution in [-0.4, -0.2) is 12.1 Å². The van der Waals surface area contributed by atoms with Crippen LogP contribution in [0.15, 0.2) is 54.6 Å². The molecule has 3 nitrogen and oxygen atoms in total. The summed E-state index contributed by atoms with van der Waals surface area (Å²) in [6, 6.07) is 17.3. The SMILES string of the molecule is O=C(Nc1ccccc1)C1C=[NH+]c2ccccc21. The molecule has 2 aromatic rings. The van der Waals surface area contributed by atoms with Crippen LogP contribution in [0.4, 0.5) is 11.4 Å². The summed E-state index contributed by atoms with van der Waals surface area (Å²) in [5.74, 6) is -0.250. The van der Waals surface area contributed by atoms with Crippen molar-refractivity contribution in [1.82, 2.24) is 0 Å². The van der Waals surface area contributed by atoms with Gasteiger partial charge in [0.1, 0.15) is 5.92 Å². The van der Waals surface area contributed by atoms with Crippen molar-refractivity contribution in [3.63, 3.8) is 0 Å². The van der Waals surface area contributed by atoms with Crippen molar-refractivity contribution in [3.05, 3.63) is 60.2 Å². The number of nitrogens with one attached hydrogen (secondary N) is 2. The molecule has 1 unspecified atom stereocenters. The zero-order valence-electron chi connectivity index (χ0n) is 9.76. The summed E-state index contributed by atoms with van der Waals surface area (Å²) in [5.41, 5.74) is 2.84. The van der Waals surface area contributed by atoms with E-state index in [9.17, 15) is 4.79 Å². The van der Waals surface area contributed by atoms with Crippen LogP contribution < -0.4 is 10.3 Å². The molecule has 0 saturated carbocycles. The van der Waals surface area contributed by atoms with Crippen molar-refractivity contribution in [2.45, 2.75) is 5.92 Å². The van der Waals surface area contributed by atoms with Crippen LogP contribution in [0, 0.1) is 0 Å². The third-order valence-corrected chi connectivity index (χ3v) is 3.03. The van der Waals surface area contributed by atoms with E-state index in [0.717, 1.165) is 16.9 Å². The molecular weight excluding hydrogens is 224 g/mol. The first kappa shape index (κ1) is 10.7. The Hall–Kier alpha value is -2.42. The second kappa shape index (κ2) is 4.45. The van der Waals surface area contributed by atoms with Crippen LogP contribution in [0.25, 0.3) is 0 Å². The Morgan fingerprint density at radius 3 is 2.56 bits per heavy atom. The van der Waals surface area contributed by atoms with Gasteiger partial charge in [-0.2, -0.15) is 0 Å². The Bertz CT molecular complexity index is 605. The van der Waals surface area contributed by atoms with Crippen molar-refractivity contribution in [3.8, 4) is 0 Å². The topological polar surface area (TPSA) is 43.1 Å². The van der Waals surface area contributed by atoms with Gasteiger partial charge in [0.2, 0.25) is 11.6 Å². The molecule has 2 aromatic carbocycles. The number of anilines is 1. The Labute approximate surface area is 105 Å². The van der Waals surface area contributed by atoms with Gasteiger partial charge in [0.15, 0.2) is 6.21 Å². The van der Waals surface area contributed by atoms with Gasteiger partial charge in [-0.25, -0.2) is 4.99 Å². The summed E-state index contributed by atoms with van der Waals surface area (Å²) in [6.45, 7) is 0.